The van der Waals surface area contributed by atoms with E-state index in [-0.39, 0.29) is 5.41 Å². The van der Waals surface area contributed by atoms with Crippen molar-refractivity contribution in [3.63, 3.8) is 0 Å². The molecule has 0 N–H and O–H groups in total. The van der Waals surface area contributed by atoms with Crippen LogP contribution in [-0.4, -0.2) is 19.9 Å². The fourth-order valence-corrected chi connectivity index (χ4v) is 9.86. The molecule has 6 aromatic carbocycles. The van der Waals surface area contributed by atoms with E-state index in [1.807, 2.05) is 18.2 Å². The molecule has 0 amide bonds. The molecule has 0 spiro atoms. The number of nitrogens with zero attached hydrogens (tertiary/aromatic N) is 4. The second-order valence-corrected chi connectivity index (χ2v) is 15.1. The molecule has 4 nitrogen and oxygen atoms in total. The van der Waals surface area contributed by atoms with Crippen LogP contribution in [0.4, 0.5) is 0 Å². The van der Waals surface area contributed by atoms with E-state index in [0.29, 0.717) is 17.5 Å². The van der Waals surface area contributed by atoms with Crippen molar-refractivity contribution < 1.29 is 0 Å². The second kappa shape index (κ2) is 10.7. The Labute approximate surface area is 291 Å². The van der Waals surface area contributed by atoms with E-state index in [0.717, 1.165) is 32.8 Å². The monoisotopic (exact) mass is 664 g/mol. The Hall–Kier alpha value is -5.56. The average Bonchev–Trinajstić information content (AvgIpc) is 3.82. The highest BCUT2D eigenvalue weighted by Crippen LogP contribution is 2.53. The first-order valence-electron chi connectivity index (χ1n) is 16.4. The summed E-state index contributed by atoms with van der Waals surface area (Å²) in [6, 6.07) is 46.9. The van der Waals surface area contributed by atoms with Gasteiger partial charge in [-0.1, -0.05) is 123 Å². The Morgan fingerprint density at radius 3 is 1.96 bits per heavy atom. The number of thiophene rings is 1. The smallest absolute Gasteiger partial charge is 0.165 e. The SMILES string of the molecule is CC1(C)c2cc(-c3nc(-c4ccccc4)nc(-c4cccc5c4sc4ccccc45)n3)ccc2-c2ccc3nc(-c4ccccc4)sc3c21. The number of hydrogen-bond donors (Lipinski definition) is 0. The van der Waals surface area contributed by atoms with Gasteiger partial charge in [0.2, 0.25) is 0 Å². The Morgan fingerprint density at radius 1 is 0.469 bits per heavy atom. The first-order chi connectivity index (χ1) is 24.0. The maximum absolute atomic E-state index is 5.21. The van der Waals surface area contributed by atoms with Crippen molar-refractivity contribution in [2.75, 3.05) is 0 Å². The van der Waals surface area contributed by atoms with Gasteiger partial charge >= 0.3 is 0 Å². The van der Waals surface area contributed by atoms with E-state index in [2.05, 4.69) is 129 Å². The molecule has 49 heavy (non-hydrogen) atoms. The summed E-state index contributed by atoms with van der Waals surface area (Å²) >= 11 is 3.58. The number of benzene rings is 6. The number of rotatable bonds is 4. The highest BCUT2D eigenvalue weighted by Gasteiger charge is 2.38. The van der Waals surface area contributed by atoms with E-state index in [9.17, 15) is 0 Å². The van der Waals surface area contributed by atoms with E-state index < -0.39 is 0 Å². The molecular weight excluding hydrogens is 637 g/mol. The summed E-state index contributed by atoms with van der Waals surface area (Å²) < 4.78 is 3.70. The Morgan fingerprint density at radius 2 is 1.14 bits per heavy atom. The molecule has 0 unspecified atom stereocenters. The van der Waals surface area contributed by atoms with Crippen molar-refractivity contribution in [1.82, 2.24) is 19.9 Å². The lowest BCUT2D eigenvalue weighted by atomic mass is 9.82. The van der Waals surface area contributed by atoms with Crippen LogP contribution in [0.2, 0.25) is 0 Å². The van der Waals surface area contributed by atoms with Gasteiger partial charge in [-0.2, -0.15) is 0 Å². The van der Waals surface area contributed by atoms with Crippen LogP contribution < -0.4 is 0 Å². The van der Waals surface area contributed by atoms with Gasteiger partial charge < -0.3 is 0 Å². The molecule has 1 aliphatic rings. The van der Waals surface area contributed by atoms with E-state index in [4.69, 9.17) is 19.9 Å². The zero-order valence-corrected chi connectivity index (χ0v) is 28.4. The number of aromatic nitrogens is 4. The summed E-state index contributed by atoms with van der Waals surface area (Å²) in [6.07, 6.45) is 0. The van der Waals surface area contributed by atoms with Gasteiger partial charge in [0.15, 0.2) is 17.5 Å². The minimum Gasteiger partial charge on any atom is -0.236 e. The highest BCUT2D eigenvalue weighted by atomic mass is 32.1. The van der Waals surface area contributed by atoms with Gasteiger partial charge in [-0.25, -0.2) is 19.9 Å². The topological polar surface area (TPSA) is 51.6 Å². The van der Waals surface area contributed by atoms with E-state index >= 15 is 0 Å². The number of thiazole rings is 1. The zero-order chi connectivity index (χ0) is 32.7. The van der Waals surface area contributed by atoms with Gasteiger partial charge in [-0.05, 0) is 46.5 Å². The first-order valence-corrected chi connectivity index (χ1v) is 18.0. The fourth-order valence-electron chi connectivity index (χ4n) is 7.38. The van der Waals surface area contributed by atoms with Gasteiger partial charge in [-0.15, -0.1) is 22.7 Å². The normalized spacial score (nSPS) is 13.3. The average molecular weight is 665 g/mol. The summed E-state index contributed by atoms with van der Waals surface area (Å²) in [7, 11) is 0. The van der Waals surface area contributed by atoms with E-state index in [1.54, 1.807) is 22.7 Å². The van der Waals surface area contributed by atoms with Crippen LogP contribution in [0.1, 0.15) is 25.0 Å². The van der Waals surface area contributed by atoms with Crippen LogP contribution in [0.25, 0.3) is 86.3 Å². The predicted molar refractivity (Wildman–Crippen MR) is 205 cm³/mol. The van der Waals surface area contributed by atoms with Gasteiger partial charge in [0, 0.05) is 47.8 Å². The standard InChI is InChI=1S/C43H28N4S2/c1-43(2)33-24-27(20-21-28(33)30-22-23-34-38(36(30)43)49-42(44-34)26-14-7-4-8-15-26)40-45-39(25-12-5-3-6-13-25)46-41(47-40)32-18-11-17-31-29-16-9-10-19-35(29)48-37(31)32/h3-24H,1-2H3. The molecule has 3 aromatic heterocycles. The minimum absolute atomic E-state index is 0.235. The van der Waals surface area contributed by atoms with Crippen molar-refractivity contribution in [2.24, 2.45) is 0 Å². The number of fused-ring (bicyclic) bond motifs is 8. The third-order valence-corrected chi connectivity index (χ3v) is 12.1. The molecule has 9 aromatic rings. The Balaban J connectivity index is 1.14. The van der Waals surface area contributed by atoms with Gasteiger partial charge in [0.25, 0.3) is 0 Å². The summed E-state index contributed by atoms with van der Waals surface area (Å²) in [5.41, 5.74) is 10.1. The second-order valence-electron chi connectivity index (χ2n) is 13.1. The maximum atomic E-state index is 5.21. The first kappa shape index (κ1) is 28.5. The summed E-state index contributed by atoms with van der Waals surface area (Å²) in [4.78, 5) is 20.5. The lowest BCUT2D eigenvalue weighted by Crippen LogP contribution is -2.15. The fraction of sp³-hybridized carbons (Fsp3) is 0.0698. The van der Waals surface area contributed by atoms with Crippen LogP contribution in [0.3, 0.4) is 0 Å². The van der Waals surface area contributed by atoms with Crippen molar-refractivity contribution >= 4 is 53.1 Å². The summed E-state index contributed by atoms with van der Waals surface area (Å²) in [6.45, 7) is 4.67. The van der Waals surface area contributed by atoms with Crippen molar-refractivity contribution in [3.05, 3.63) is 145 Å². The van der Waals surface area contributed by atoms with Gasteiger partial charge in [0.05, 0.1) is 10.2 Å². The quantitative estimate of drug-likeness (QED) is 0.188. The van der Waals surface area contributed by atoms with Crippen molar-refractivity contribution in [2.45, 2.75) is 19.3 Å². The minimum atomic E-state index is -0.235. The molecule has 3 heterocycles. The molecule has 232 valence electrons. The maximum Gasteiger partial charge on any atom is 0.165 e. The van der Waals surface area contributed by atoms with E-state index in [1.165, 1.54) is 47.1 Å². The largest absolute Gasteiger partial charge is 0.236 e. The molecule has 1 aliphatic carbocycles. The molecule has 0 fully saturated rings. The van der Waals surface area contributed by atoms with Crippen LogP contribution in [0.15, 0.2) is 133 Å². The van der Waals surface area contributed by atoms with Crippen LogP contribution in [0, 0.1) is 0 Å². The molecule has 0 radical (unpaired) electrons. The molecule has 0 aliphatic heterocycles. The lowest BCUT2D eigenvalue weighted by Gasteiger charge is -2.22. The lowest BCUT2D eigenvalue weighted by molar-refractivity contribution is 0.667. The van der Waals surface area contributed by atoms with Crippen molar-refractivity contribution in [3.8, 4) is 55.9 Å². The third kappa shape index (κ3) is 4.41. The molecule has 10 rings (SSSR count). The molecule has 0 saturated heterocycles. The molecule has 6 heteroatoms. The van der Waals surface area contributed by atoms with Gasteiger partial charge in [-0.3, -0.25) is 0 Å². The summed E-state index contributed by atoms with van der Waals surface area (Å²) in [5, 5.41) is 3.53. The van der Waals surface area contributed by atoms with Crippen molar-refractivity contribution in [1.29, 1.82) is 0 Å². The molecule has 0 bridgehead atoms. The molecular formula is C43H28N4S2. The Bertz CT molecular complexity index is 2740. The molecule has 0 atom stereocenters. The highest BCUT2D eigenvalue weighted by molar-refractivity contribution is 7.26. The zero-order valence-electron chi connectivity index (χ0n) is 26.8. The molecule has 0 saturated carbocycles. The van der Waals surface area contributed by atoms with Gasteiger partial charge in [0.1, 0.15) is 5.01 Å². The Kier molecular flexibility index (Phi) is 6.23. The van der Waals surface area contributed by atoms with Crippen LogP contribution in [0.5, 0.6) is 0 Å². The predicted octanol–water partition coefficient (Wildman–Crippen LogP) is 11.8. The number of hydrogen-bond acceptors (Lipinski definition) is 6. The van der Waals surface area contributed by atoms with Crippen LogP contribution >= 0.6 is 22.7 Å². The van der Waals surface area contributed by atoms with Crippen LogP contribution in [-0.2, 0) is 5.41 Å². The third-order valence-electron chi connectivity index (χ3n) is 9.76. The summed E-state index contributed by atoms with van der Waals surface area (Å²) in [5.74, 6) is 2.02.